The summed E-state index contributed by atoms with van der Waals surface area (Å²) in [5, 5.41) is 2.79. The fraction of sp³-hybridized carbons (Fsp3) is 0.391. The highest BCUT2D eigenvalue weighted by Gasteiger charge is 2.52. The Bertz CT molecular complexity index is 915. The van der Waals surface area contributed by atoms with Gasteiger partial charge in [-0.1, -0.05) is 36.4 Å². The lowest BCUT2D eigenvalue weighted by Crippen LogP contribution is -2.41. The van der Waals surface area contributed by atoms with Gasteiger partial charge in [-0.05, 0) is 50.9 Å². The van der Waals surface area contributed by atoms with E-state index in [1.807, 2.05) is 76.2 Å². The first-order valence-corrected chi connectivity index (χ1v) is 10.2. The van der Waals surface area contributed by atoms with Gasteiger partial charge in [0.2, 0.25) is 5.88 Å². The predicted molar refractivity (Wildman–Crippen MR) is 119 cm³/mol. The molecule has 1 saturated heterocycles. The second-order valence-electron chi connectivity index (χ2n) is 8.32. The second kappa shape index (κ2) is 9.53. The average Bonchev–Trinajstić information content (AvgIpc) is 2.97. The molecule has 0 aliphatic carbocycles. The van der Waals surface area contributed by atoms with Crippen molar-refractivity contribution in [3.63, 3.8) is 0 Å². The van der Waals surface area contributed by atoms with Crippen molar-refractivity contribution in [1.82, 2.24) is 10.3 Å². The lowest BCUT2D eigenvalue weighted by molar-refractivity contribution is 0.00578. The molecule has 1 N–H and O–H groups in total. The maximum Gasteiger partial charge on any atom is 0.492 e. The molecule has 8 heteroatoms. The SMILES string of the molecule is COc1ncccc1C=C(CNC(=O)OCc1ccccc1)B1OC(C)(C)C(C)(C)O1. The van der Waals surface area contributed by atoms with Gasteiger partial charge in [-0.3, -0.25) is 0 Å². The van der Waals surface area contributed by atoms with Crippen LogP contribution in [0.15, 0.2) is 54.1 Å². The maximum atomic E-state index is 12.3. The minimum Gasteiger partial charge on any atom is -0.481 e. The zero-order chi connectivity index (χ0) is 22.5. The number of nitrogens with one attached hydrogen (secondary N) is 1. The van der Waals surface area contributed by atoms with Crippen molar-refractivity contribution in [2.24, 2.45) is 0 Å². The van der Waals surface area contributed by atoms with E-state index in [1.165, 1.54) is 0 Å². The summed E-state index contributed by atoms with van der Waals surface area (Å²) in [5.41, 5.74) is 1.38. The quantitative estimate of drug-likeness (QED) is 0.677. The smallest absolute Gasteiger partial charge is 0.481 e. The topological polar surface area (TPSA) is 78.9 Å². The summed E-state index contributed by atoms with van der Waals surface area (Å²) in [4.78, 5) is 16.5. The van der Waals surface area contributed by atoms with Gasteiger partial charge in [0, 0.05) is 18.3 Å². The molecule has 3 rings (SSSR count). The largest absolute Gasteiger partial charge is 0.492 e. The maximum absolute atomic E-state index is 12.3. The number of alkyl carbamates (subject to hydrolysis) is 1. The van der Waals surface area contributed by atoms with Crippen LogP contribution in [0.5, 0.6) is 5.88 Å². The number of nitrogens with zero attached hydrogens (tertiary/aromatic N) is 1. The van der Waals surface area contributed by atoms with Gasteiger partial charge in [0.25, 0.3) is 0 Å². The van der Waals surface area contributed by atoms with Crippen molar-refractivity contribution < 1.29 is 23.6 Å². The number of ether oxygens (including phenoxy) is 2. The monoisotopic (exact) mass is 424 g/mol. The van der Waals surface area contributed by atoms with Gasteiger partial charge in [0.15, 0.2) is 0 Å². The van der Waals surface area contributed by atoms with Gasteiger partial charge in [-0.15, -0.1) is 0 Å². The molecular formula is C23H29BN2O5. The average molecular weight is 424 g/mol. The fourth-order valence-corrected chi connectivity index (χ4v) is 3.03. The summed E-state index contributed by atoms with van der Waals surface area (Å²) in [6, 6.07) is 13.2. The van der Waals surface area contributed by atoms with E-state index in [-0.39, 0.29) is 13.2 Å². The molecule has 2 heterocycles. The highest BCUT2D eigenvalue weighted by molar-refractivity contribution is 6.56. The molecule has 31 heavy (non-hydrogen) atoms. The van der Waals surface area contributed by atoms with Crippen molar-refractivity contribution in [1.29, 1.82) is 0 Å². The molecule has 0 radical (unpaired) electrons. The molecule has 0 saturated carbocycles. The number of pyridine rings is 1. The van der Waals surface area contributed by atoms with Crippen LogP contribution in [0.1, 0.15) is 38.8 Å². The van der Waals surface area contributed by atoms with Crippen LogP contribution in [0, 0.1) is 0 Å². The Morgan fingerprint density at radius 2 is 1.77 bits per heavy atom. The van der Waals surface area contributed by atoms with E-state index in [0.717, 1.165) is 16.6 Å². The summed E-state index contributed by atoms with van der Waals surface area (Å²) in [6.45, 7) is 8.31. The normalized spacial score (nSPS) is 17.3. The van der Waals surface area contributed by atoms with E-state index < -0.39 is 24.4 Å². The summed E-state index contributed by atoms with van der Waals surface area (Å²) in [5.74, 6) is 0.475. The summed E-state index contributed by atoms with van der Waals surface area (Å²) in [6.07, 6.45) is 3.00. The minimum absolute atomic E-state index is 0.183. The molecule has 164 valence electrons. The first-order valence-electron chi connectivity index (χ1n) is 10.2. The van der Waals surface area contributed by atoms with Gasteiger partial charge in [0.1, 0.15) is 6.61 Å². The Morgan fingerprint density at radius 1 is 1.10 bits per heavy atom. The Hall–Kier alpha value is -2.84. The Balaban J connectivity index is 1.75. The third kappa shape index (κ3) is 5.65. The summed E-state index contributed by atoms with van der Waals surface area (Å²) in [7, 11) is 0.928. The highest BCUT2D eigenvalue weighted by atomic mass is 16.7. The molecular weight excluding hydrogens is 395 g/mol. The van der Waals surface area contributed by atoms with Gasteiger partial charge in [-0.2, -0.15) is 0 Å². The first kappa shape index (κ1) is 22.8. The number of aromatic nitrogens is 1. The molecule has 2 aromatic rings. The molecule has 1 aromatic carbocycles. The highest BCUT2D eigenvalue weighted by Crippen LogP contribution is 2.39. The molecule has 1 amide bonds. The molecule has 0 bridgehead atoms. The molecule has 1 fully saturated rings. The summed E-state index contributed by atoms with van der Waals surface area (Å²) < 4.78 is 23.1. The minimum atomic E-state index is -0.635. The van der Waals surface area contributed by atoms with E-state index in [0.29, 0.717) is 5.88 Å². The van der Waals surface area contributed by atoms with Crippen molar-refractivity contribution in [3.05, 3.63) is 65.3 Å². The van der Waals surface area contributed by atoms with Crippen LogP contribution in [-0.4, -0.2) is 43.1 Å². The van der Waals surface area contributed by atoms with Crippen LogP contribution >= 0.6 is 0 Å². The van der Waals surface area contributed by atoms with E-state index in [9.17, 15) is 4.79 Å². The van der Waals surface area contributed by atoms with E-state index in [4.69, 9.17) is 18.8 Å². The number of benzene rings is 1. The molecule has 0 spiro atoms. The van der Waals surface area contributed by atoms with Gasteiger partial charge in [-0.25, -0.2) is 9.78 Å². The molecule has 0 unspecified atom stereocenters. The van der Waals surface area contributed by atoms with Crippen molar-refractivity contribution >= 4 is 19.3 Å². The Labute approximate surface area is 183 Å². The number of carbonyl (C=O) groups excluding carboxylic acids is 1. The zero-order valence-corrected chi connectivity index (χ0v) is 18.7. The third-order valence-corrected chi connectivity index (χ3v) is 5.54. The first-order chi connectivity index (χ1) is 14.7. The molecule has 1 aliphatic rings. The standard InChI is InChI=1S/C23H29BN2O5/c1-22(2)23(3,4)31-24(30-22)19(14-18-12-9-13-25-20(18)28-5)15-26-21(27)29-16-17-10-7-6-8-11-17/h6-14H,15-16H2,1-5H3,(H,26,27). The van der Waals surface area contributed by atoms with E-state index in [2.05, 4.69) is 10.3 Å². The van der Waals surface area contributed by atoms with Crippen LogP contribution in [0.2, 0.25) is 0 Å². The van der Waals surface area contributed by atoms with Gasteiger partial charge < -0.3 is 24.1 Å². The number of carbonyl (C=O) groups is 1. The Kier molecular flexibility index (Phi) is 7.03. The number of rotatable bonds is 7. The Morgan fingerprint density at radius 3 is 2.42 bits per heavy atom. The molecule has 0 atom stereocenters. The number of methoxy groups -OCH3 is 1. The number of amides is 1. The second-order valence-corrected chi connectivity index (χ2v) is 8.32. The fourth-order valence-electron chi connectivity index (χ4n) is 3.03. The zero-order valence-electron chi connectivity index (χ0n) is 18.7. The predicted octanol–water partition coefficient (Wildman–Crippen LogP) is 4.03. The number of hydrogen-bond acceptors (Lipinski definition) is 6. The molecule has 1 aliphatic heterocycles. The van der Waals surface area contributed by atoms with Gasteiger partial charge in [0.05, 0.1) is 18.3 Å². The molecule has 1 aromatic heterocycles. The number of hydrogen-bond donors (Lipinski definition) is 1. The van der Waals surface area contributed by atoms with Crippen LogP contribution < -0.4 is 10.1 Å². The van der Waals surface area contributed by atoms with Crippen molar-refractivity contribution in [2.75, 3.05) is 13.7 Å². The summed E-state index contributed by atoms with van der Waals surface area (Å²) >= 11 is 0. The van der Waals surface area contributed by atoms with Gasteiger partial charge >= 0.3 is 13.2 Å². The van der Waals surface area contributed by atoms with E-state index >= 15 is 0 Å². The van der Waals surface area contributed by atoms with E-state index in [1.54, 1.807) is 13.3 Å². The lowest BCUT2D eigenvalue weighted by atomic mass is 9.77. The van der Waals surface area contributed by atoms with Crippen LogP contribution in [0.25, 0.3) is 6.08 Å². The van der Waals surface area contributed by atoms with Crippen LogP contribution in [0.4, 0.5) is 4.79 Å². The van der Waals surface area contributed by atoms with Crippen LogP contribution in [0.3, 0.4) is 0 Å². The van der Waals surface area contributed by atoms with Crippen molar-refractivity contribution in [2.45, 2.75) is 45.5 Å². The van der Waals surface area contributed by atoms with Crippen LogP contribution in [-0.2, 0) is 20.7 Å². The van der Waals surface area contributed by atoms with Crippen molar-refractivity contribution in [3.8, 4) is 5.88 Å². The molecule has 7 nitrogen and oxygen atoms in total. The third-order valence-electron chi connectivity index (χ3n) is 5.54. The lowest BCUT2D eigenvalue weighted by Gasteiger charge is -2.32.